The summed E-state index contributed by atoms with van der Waals surface area (Å²) in [5.41, 5.74) is 1.30. The normalized spacial score (nSPS) is 16.3. The van der Waals surface area contributed by atoms with Crippen LogP contribution in [0.25, 0.3) is 0 Å². The molecule has 0 unspecified atom stereocenters. The van der Waals surface area contributed by atoms with Gasteiger partial charge in [-0.05, 0) is 36.5 Å². The zero-order valence-corrected chi connectivity index (χ0v) is 15.1. The number of pyridine rings is 1. The van der Waals surface area contributed by atoms with Gasteiger partial charge in [0, 0.05) is 44.5 Å². The molecular formula is C19H27N5O. The van der Waals surface area contributed by atoms with E-state index in [-0.39, 0.29) is 5.91 Å². The monoisotopic (exact) mass is 341 g/mol. The van der Waals surface area contributed by atoms with Crippen LogP contribution < -0.4 is 5.32 Å². The molecule has 1 saturated heterocycles. The smallest absolute Gasteiger partial charge is 0.225 e. The van der Waals surface area contributed by atoms with Gasteiger partial charge in [0.25, 0.3) is 0 Å². The lowest BCUT2D eigenvalue weighted by Crippen LogP contribution is -2.35. The molecule has 0 aliphatic carbocycles. The molecule has 0 atom stereocenters. The van der Waals surface area contributed by atoms with Crippen molar-refractivity contribution in [3.63, 3.8) is 0 Å². The summed E-state index contributed by atoms with van der Waals surface area (Å²) in [7, 11) is 0. The van der Waals surface area contributed by atoms with Crippen molar-refractivity contribution in [2.45, 2.75) is 45.7 Å². The summed E-state index contributed by atoms with van der Waals surface area (Å²) in [6.07, 6.45) is 8.08. The second-order valence-electron chi connectivity index (χ2n) is 7.17. The Morgan fingerprint density at radius 3 is 2.60 bits per heavy atom. The summed E-state index contributed by atoms with van der Waals surface area (Å²) in [5, 5.41) is 7.47. The van der Waals surface area contributed by atoms with Crippen molar-refractivity contribution >= 4 is 11.7 Å². The van der Waals surface area contributed by atoms with Crippen molar-refractivity contribution in [1.29, 1.82) is 0 Å². The highest BCUT2D eigenvalue weighted by Crippen LogP contribution is 2.26. The molecule has 25 heavy (non-hydrogen) atoms. The zero-order chi connectivity index (χ0) is 17.6. The minimum absolute atomic E-state index is 0.0619. The largest absolute Gasteiger partial charge is 0.311 e. The van der Waals surface area contributed by atoms with Gasteiger partial charge in [0.05, 0.1) is 12.2 Å². The highest BCUT2D eigenvalue weighted by Gasteiger charge is 2.23. The number of nitrogens with one attached hydrogen (secondary N) is 1. The third-order valence-electron chi connectivity index (χ3n) is 4.59. The Bertz CT molecular complexity index is 674. The molecule has 1 amide bonds. The summed E-state index contributed by atoms with van der Waals surface area (Å²) >= 11 is 0. The van der Waals surface area contributed by atoms with Crippen LogP contribution in [0.5, 0.6) is 0 Å². The lowest BCUT2D eigenvalue weighted by Gasteiger charge is -2.32. The third kappa shape index (κ3) is 4.89. The summed E-state index contributed by atoms with van der Waals surface area (Å²) in [6.45, 7) is 7.13. The van der Waals surface area contributed by atoms with E-state index < -0.39 is 0 Å². The SMILES string of the molecule is CC(C)CC(=O)Nc1ccnn1C1CCN(Cc2ccncc2)CC1. The number of aromatic nitrogens is 3. The van der Waals surface area contributed by atoms with E-state index in [0.29, 0.717) is 18.4 Å². The summed E-state index contributed by atoms with van der Waals surface area (Å²) in [5.74, 6) is 1.23. The number of likely N-dealkylation sites (tertiary alicyclic amines) is 1. The van der Waals surface area contributed by atoms with Crippen LogP contribution in [0.1, 0.15) is 44.7 Å². The highest BCUT2D eigenvalue weighted by molar-refractivity contribution is 5.89. The quantitative estimate of drug-likeness (QED) is 0.877. The molecule has 1 N–H and O–H groups in total. The van der Waals surface area contributed by atoms with Crippen molar-refractivity contribution in [2.24, 2.45) is 5.92 Å². The Hall–Kier alpha value is -2.21. The van der Waals surface area contributed by atoms with E-state index in [0.717, 1.165) is 38.3 Å². The van der Waals surface area contributed by atoms with Crippen LogP contribution in [-0.2, 0) is 11.3 Å². The first-order chi connectivity index (χ1) is 12.1. The molecular weight excluding hydrogens is 314 g/mol. The van der Waals surface area contributed by atoms with Crippen molar-refractivity contribution in [3.05, 3.63) is 42.4 Å². The molecule has 2 aromatic heterocycles. The van der Waals surface area contributed by atoms with E-state index in [4.69, 9.17) is 0 Å². The number of nitrogens with zero attached hydrogens (tertiary/aromatic N) is 4. The number of piperidine rings is 1. The van der Waals surface area contributed by atoms with Crippen LogP contribution in [0.2, 0.25) is 0 Å². The molecule has 3 rings (SSSR count). The number of hydrogen-bond donors (Lipinski definition) is 1. The Morgan fingerprint density at radius 2 is 1.92 bits per heavy atom. The van der Waals surface area contributed by atoms with Gasteiger partial charge in [0.15, 0.2) is 0 Å². The van der Waals surface area contributed by atoms with Crippen LogP contribution in [0.15, 0.2) is 36.8 Å². The van der Waals surface area contributed by atoms with Crippen molar-refractivity contribution in [1.82, 2.24) is 19.7 Å². The average molecular weight is 341 g/mol. The Balaban J connectivity index is 1.55. The van der Waals surface area contributed by atoms with Crippen molar-refractivity contribution in [3.8, 4) is 0 Å². The van der Waals surface area contributed by atoms with E-state index in [2.05, 4.69) is 46.3 Å². The highest BCUT2D eigenvalue weighted by atomic mass is 16.1. The number of rotatable bonds is 6. The first kappa shape index (κ1) is 17.6. The maximum Gasteiger partial charge on any atom is 0.225 e. The molecule has 0 saturated carbocycles. The Labute approximate surface area is 149 Å². The first-order valence-corrected chi connectivity index (χ1v) is 9.06. The van der Waals surface area contributed by atoms with E-state index in [1.807, 2.05) is 23.1 Å². The average Bonchev–Trinajstić information content (AvgIpc) is 3.04. The first-order valence-electron chi connectivity index (χ1n) is 9.06. The molecule has 0 bridgehead atoms. The van der Waals surface area contributed by atoms with Gasteiger partial charge < -0.3 is 5.32 Å². The van der Waals surface area contributed by atoms with Gasteiger partial charge in [-0.2, -0.15) is 5.10 Å². The van der Waals surface area contributed by atoms with Crippen molar-refractivity contribution in [2.75, 3.05) is 18.4 Å². The van der Waals surface area contributed by atoms with Gasteiger partial charge in [-0.15, -0.1) is 0 Å². The zero-order valence-electron chi connectivity index (χ0n) is 15.1. The standard InChI is InChI=1S/C19H27N5O/c1-15(2)13-19(25)22-18-5-10-21-24(18)17-6-11-23(12-7-17)14-16-3-8-20-9-4-16/h3-5,8-10,15,17H,6-7,11-14H2,1-2H3,(H,22,25). The van der Waals surface area contributed by atoms with Gasteiger partial charge in [0.1, 0.15) is 5.82 Å². The van der Waals surface area contributed by atoms with Gasteiger partial charge >= 0.3 is 0 Å². The molecule has 1 fully saturated rings. The number of carbonyl (C=O) groups excluding carboxylic acids is 1. The number of amides is 1. The molecule has 134 valence electrons. The fourth-order valence-corrected chi connectivity index (χ4v) is 3.34. The van der Waals surface area contributed by atoms with Crippen LogP contribution in [0.3, 0.4) is 0 Å². The predicted octanol–water partition coefficient (Wildman–Crippen LogP) is 3.10. The lowest BCUT2D eigenvalue weighted by molar-refractivity contribution is -0.116. The maximum absolute atomic E-state index is 12.0. The van der Waals surface area contributed by atoms with Crippen LogP contribution in [-0.4, -0.2) is 38.7 Å². The molecule has 0 radical (unpaired) electrons. The van der Waals surface area contributed by atoms with E-state index >= 15 is 0 Å². The summed E-state index contributed by atoms with van der Waals surface area (Å²) < 4.78 is 1.99. The van der Waals surface area contributed by atoms with Gasteiger partial charge in [-0.3, -0.25) is 14.7 Å². The number of anilines is 1. The fraction of sp³-hybridized carbons (Fsp3) is 0.526. The number of hydrogen-bond acceptors (Lipinski definition) is 4. The molecule has 0 aromatic carbocycles. The Kier molecular flexibility index (Phi) is 5.81. The molecule has 3 heterocycles. The summed E-state index contributed by atoms with van der Waals surface area (Å²) in [4.78, 5) is 18.6. The van der Waals surface area contributed by atoms with Gasteiger partial charge in [-0.25, -0.2) is 4.68 Å². The van der Waals surface area contributed by atoms with E-state index in [1.54, 1.807) is 6.20 Å². The molecule has 6 nitrogen and oxygen atoms in total. The van der Waals surface area contributed by atoms with Gasteiger partial charge in [-0.1, -0.05) is 13.8 Å². The molecule has 6 heteroatoms. The minimum Gasteiger partial charge on any atom is -0.311 e. The predicted molar refractivity (Wildman–Crippen MR) is 98.1 cm³/mol. The maximum atomic E-state index is 12.0. The molecule has 1 aliphatic heterocycles. The van der Waals surface area contributed by atoms with Crippen LogP contribution in [0.4, 0.5) is 5.82 Å². The Morgan fingerprint density at radius 1 is 1.20 bits per heavy atom. The molecule has 0 spiro atoms. The lowest BCUT2D eigenvalue weighted by atomic mass is 10.0. The molecule has 1 aliphatic rings. The second-order valence-corrected chi connectivity index (χ2v) is 7.17. The third-order valence-corrected chi connectivity index (χ3v) is 4.59. The minimum atomic E-state index is 0.0619. The number of carbonyl (C=O) groups is 1. The second kappa shape index (κ2) is 8.25. The van der Waals surface area contributed by atoms with E-state index in [1.165, 1.54) is 5.56 Å². The van der Waals surface area contributed by atoms with Gasteiger partial charge in [0.2, 0.25) is 5.91 Å². The van der Waals surface area contributed by atoms with Crippen molar-refractivity contribution < 1.29 is 4.79 Å². The topological polar surface area (TPSA) is 63.1 Å². The van der Waals surface area contributed by atoms with E-state index in [9.17, 15) is 4.79 Å². The fourth-order valence-electron chi connectivity index (χ4n) is 3.34. The van der Waals surface area contributed by atoms with Crippen LogP contribution in [0, 0.1) is 5.92 Å². The summed E-state index contributed by atoms with van der Waals surface area (Å²) in [6, 6.07) is 6.38. The molecule has 2 aromatic rings. The van der Waals surface area contributed by atoms with Crippen LogP contribution >= 0.6 is 0 Å².